The number of carbonyl (C=O) groups excluding carboxylic acids is 2. The van der Waals surface area contributed by atoms with E-state index in [0.717, 1.165) is 0 Å². The summed E-state index contributed by atoms with van der Waals surface area (Å²) in [6.45, 7) is 0.921. The lowest BCUT2D eigenvalue weighted by Gasteiger charge is -2.39. The Balaban J connectivity index is 1.81. The minimum absolute atomic E-state index is 0.00746. The molecule has 2 amide bonds. The van der Waals surface area contributed by atoms with E-state index >= 15 is 0 Å². The first kappa shape index (κ1) is 15.0. The predicted molar refractivity (Wildman–Crippen MR) is 75.7 cm³/mol. The maximum Gasteiger partial charge on any atom is 0.303 e. The Hall–Kier alpha value is -2.37. The van der Waals surface area contributed by atoms with Crippen molar-refractivity contribution in [2.75, 3.05) is 26.7 Å². The summed E-state index contributed by atoms with van der Waals surface area (Å²) in [7, 11) is 1.59. The Kier molecular flexibility index (Phi) is 4.57. The third kappa shape index (κ3) is 3.81. The van der Waals surface area contributed by atoms with E-state index in [2.05, 4.69) is 0 Å². The number of carboxylic acid groups (broad SMARTS) is 1. The van der Waals surface area contributed by atoms with Crippen LogP contribution in [0.3, 0.4) is 0 Å². The van der Waals surface area contributed by atoms with Crippen LogP contribution in [0.1, 0.15) is 16.8 Å². The average molecular weight is 290 g/mol. The van der Waals surface area contributed by atoms with E-state index in [1.807, 2.05) is 6.07 Å². The van der Waals surface area contributed by atoms with E-state index in [0.29, 0.717) is 18.7 Å². The Labute approximate surface area is 123 Å². The molecule has 0 radical (unpaired) electrons. The maximum atomic E-state index is 12.1. The topological polar surface area (TPSA) is 77.9 Å². The summed E-state index contributed by atoms with van der Waals surface area (Å²) in [5.74, 6) is -1.17. The minimum Gasteiger partial charge on any atom is -0.481 e. The van der Waals surface area contributed by atoms with Gasteiger partial charge < -0.3 is 14.9 Å². The zero-order valence-electron chi connectivity index (χ0n) is 11.9. The van der Waals surface area contributed by atoms with Crippen molar-refractivity contribution in [2.45, 2.75) is 6.42 Å². The van der Waals surface area contributed by atoms with Crippen LogP contribution >= 0.6 is 0 Å². The summed E-state index contributed by atoms with van der Waals surface area (Å²) in [6.07, 6.45) is 0.0859. The lowest BCUT2D eigenvalue weighted by Crippen LogP contribution is -2.53. The van der Waals surface area contributed by atoms with E-state index < -0.39 is 5.97 Å². The van der Waals surface area contributed by atoms with E-state index in [4.69, 9.17) is 5.11 Å². The fourth-order valence-electron chi connectivity index (χ4n) is 2.33. The zero-order chi connectivity index (χ0) is 15.4. The molecule has 0 spiro atoms. The van der Waals surface area contributed by atoms with Gasteiger partial charge in [0.2, 0.25) is 5.91 Å². The Morgan fingerprint density at radius 3 is 2.43 bits per heavy atom. The van der Waals surface area contributed by atoms with Crippen molar-refractivity contribution in [1.82, 2.24) is 9.80 Å². The van der Waals surface area contributed by atoms with Gasteiger partial charge in [0, 0.05) is 31.6 Å². The molecule has 6 nitrogen and oxygen atoms in total. The van der Waals surface area contributed by atoms with Gasteiger partial charge in [-0.1, -0.05) is 18.2 Å². The highest BCUT2D eigenvalue weighted by atomic mass is 16.4. The standard InChI is InChI=1S/C15H18N2O4/c1-16(15(21)12-5-3-2-4-6-12)10-13(18)17-8-11(9-17)7-14(19)20/h2-6,11H,7-10H2,1H3,(H,19,20). The second-order valence-electron chi connectivity index (χ2n) is 5.29. The lowest BCUT2D eigenvalue weighted by atomic mass is 9.96. The van der Waals surface area contributed by atoms with Gasteiger partial charge in [0.1, 0.15) is 0 Å². The summed E-state index contributed by atoms with van der Waals surface area (Å²) in [6, 6.07) is 8.78. The van der Waals surface area contributed by atoms with E-state index in [9.17, 15) is 14.4 Å². The molecule has 1 aromatic rings. The summed E-state index contributed by atoms with van der Waals surface area (Å²) in [5, 5.41) is 8.66. The molecule has 112 valence electrons. The molecule has 6 heteroatoms. The van der Waals surface area contributed by atoms with Gasteiger partial charge in [-0.15, -0.1) is 0 Å². The molecule has 0 atom stereocenters. The molecule has 1 fully saturated rings. The predicted octanol–water partition coefficient (Wildman–Crippen LogP) is 0.692. The third-order valence-electron chi connectivity index (χ3n) is 3.51. The Morgan fingerprint density at radius 2 is 1.86 bits per heavy atom. The van der Waals surface area contributed by atoms with Crippen LogP contribution in [0.2, 0.25) is 0 Å². The van der Waals surface area contributed by atoms with E-state index in [1.54, 1.807) is 36.2 Å². The number of aliphatic carboxylic acids is 1. The highest BCUT2D eigenvalue weighted by Crippen LogP contribution is 2.19. The first-order valence-electron chi connectivity index (χ1n) is 6.77. The molecular formula is C15H18N2O4. The van der Waals surface area contributed by atoms with Crippen molar-refractivity contribution in [3.8, 4) is 0 Å². The third-order valence-corrected chi connectivity index (χ3v) is 3.51. The maximum absolute atomic E-state index is 12.1. The fraction of sp³-hybridized carbons (Fsp3) is 0.400. The second-order valence-corrected chi connectivity index (χ2v) is 5.29. The largest absolute Gasteiger partial charge is 0.481 e. The zero-order valence-corrected chi connectivity index (χ0v) is 11.9. The van der Waals surface area contributed by atoms with Gasteiger partial charge in [0.25, 0.3) is 5.91 Å². The van der Waals surface area contributed by atoms with Crippen molar-refractivity contribution in [3.63, 3.8) is 0 Å². The van der Waals surface area contributed by atoms with Crippen molar-refractivity contribution in [2.24, 2.45) is 5.92 Å². The number of carbonyl (C=O) groups is 3. The summed E-state index contributed by atoms with van der Waals surface area (Å²) >= 11 is 0. The molecule has 1 heterocycles. The summed E-state index contributed by atoms with van der Waals surface area (Å²) < 4.78 is 0. The van der Waals surface area contributed by atoms with Gasteiger partial charge >= 0.3 is 5.97 Å². The number of likely N-dealkylation sites (N-methyl/N-ethyl adjacent to an activating group) is 1. The number of nitrogens with zero attached hydrogens (tertiary/aromatic N) is 2. The van der Waals surface area contributed by atoms with Crippen LogP contribution in [0.15, 0.2) is 30.3 Å². The monoisotopic (exact) mass is 290 g/mol. The molecule has 0 unspecified atom stereocenters. The molecule has 21 heavy (non-hydrogen) atoms. The van der Waals surface area contributed by atoms with Crippen LogP contribution in [0.4, 0.5) is 0 Å². The van der Waals surface area contributed by atoms with E-state index in [-0.39, 0.29) is 30.7 Å². The summed E-state index contributed by atoms with van der Waals surface area (Å²) in [5.41, 5.74) is 0.542. The molecule has 1 aromatic carbocycles. The van der Waals surface area contributed by atoms with Crippen LogP contribution in [0, 0.1) is 5.92 Å². The van der Waals surface area contributed by atoms with Crippen LogP contribution < -0.4 is 0 Å². The highest BCUT2D eigenvalue weighted by Gasteiger charge is 2.32. The molecule has 0 bridgehead atoms. The van der Waals surface area contributed by atoms with Crippen molar-refractivity contribution in [1.29, 1.82) is 0 Å². The first-order chi connectivity index (χ1) is 9.97. The van der Waals surface area contributed by atoms with Crippen LogP contribution in [0.5, 0.6) is 0 Å². The lowest BCUT2D eigenvalue weighted by molar-refractivity contribution is -0.145. The van der Waals surface area contributed by atoms with Gasteiger partial charge in [-0.05, 0) is 12.1 Å². The van der Waals surface area contributed by atoms with Crippen LogP contribution in [0.25, 0.3) is 0 Å². The number of likely N-dealkylation sites (tertiary alicyclic amines) is 1. The SMILES string of the molecule is CN(CC(=O)N1CC(CC(=O)O)C1)C(=O)c1ccccc1. The number of hydrogen-bond donors (Lipinski definition) is 1. The van der Waals surface area contributed by atoms with Crippen LogP contribution in [-0.4, -0.2) is 59.4 Å². The van der Waals surface area contributed by atoms with Crippen molar-refractivity contribution >= 4 is 17.8 Å². The average Bonchev–Trinajstić information content (AvgIpc) is 2.42. The molecule has 2 rings (SSSR count). The Bertz CT molecular complexity index is 538. The van der Waals surface area contributed by atoms with Gasteiger partial charge in [0.05, 0.1) is 13.0 Å². The molecular weight excluding hydrogens is 272 g/mol. The van der Waals surface area contributed by atoms with Crippen molar-refractivity contribution in [3.05, 3.63) is 35.9 Å². The molecule has 1 saturated heterocycles. The number of amides is 2. The quantitative estimate of drug-likeness (QED) is 0.865. The van der Waals surface area contributed by atoms with Crippen LogP contribution in [-0.2, 0) is 9.59 Å². The van der Waals surface area contributed by atoms with Gasteiger partial charge in [-0.3, -0.25) is 14.4 Å². The molecule has 1 aliphatic heterocycles. The van der Waals surface area contributed by atoms with Gasteiger partial charge in [-0.25, -0.2) is 0 Å². The van der Waals surface area contributed by atoms with E-state index in [1.165, 1.54) is 4.90 Å². The number of rotatable bonds is 5. The molecule has 1 N–H and O–H groups in total. The molecule has 0 saturated carbocycles. The van der Waals surface area contributed by atoms with Gasteiger partial charge in [0.15, 0.2) is 0 Å². The smallest absolute Gasteiger partial charge is 0.303 e. The Morgan fingerprint density at radius 1 is 1.24 bits per heavy atom. The highest BCUT2D eigenvalue weighted by molar-refractivity contribution is 5.96. The second kappa shape index (κ2) is 6.39. The van der Waals surface area contributed by atoms with Gasteiger partial charge in [-0.2, -0.15) is 0 Å². The normalized spacial score (nSPS) is 14.4. The van der Waals surface area contributed by atoms with Crippen molar-refractivity contribution < 1.29 is 19.5 Å². The first-order valence-corrected chi connectivity index (χ1v) is 6.77. The number of benzene rings is 1. The molecule has 0 aliphatic carbocycles. The molecule has 0 aromatic heterocycles. The number of carboxylic acids is 1. The number of hydrogen-bond acceptors (Lipinski definition) is 3. The minimum atomic E-state index is -0.844. The summed E-state index contributed by atoms with van der Waals surface area (Å²) in [4.78, 5) is 37.6. The fourth-order valence-corrected chi connectivity index (χ4v) is 2.33. The molecule has 1 aliphatic rings.